The second-order valence-electron chi connectivity index (χ2n) is 3.79. The molecule has 3 heteroatoms. The minimum Gasteiger partial charge on any atom is -0.334 e. The van der Waals surface area contributed by atoms with Gasteiger partial charge in [-0.2, -0.15) is 0 Å². The lowest BCUT2D eigenvalue weighted by molar-refractivity contribution is 0.453. The van der Waals surface area contributed by atoms with E-state index in [-0.39, 0.29) is 0 Å². The Labute approximate surface area is 86.5 Å². The molecular weight excluding hydrogens is 174 g/mol. The monoisotopic (exact) mass is 195 g/mol. The zero-order valence-corrected chi connectivity index (χ0v) is 9.45. The van der Waals surface area contributed by atoms with E-state index in [1.807, 2.05) is 6.20 Å². The highest BCUT2D eigenvalue weighted by Crippen LogP contribution is 2.07. The quantitative estimate of drug-likeness (QED) is 0.752. The largest absolute Gasteiger partial charge is 0.334 e. The van der Waals surface area contributed by atoms with Crippen molar-refractivity contribution in [3.8, 4) is 0 Å². The van der Waals surface area contributed by atoms with Gasteiger partial charge in [-0.05, 0) is 12.5 Å². The highest BCUT2D eigenvalue weighted by Gasteiger charge is 2.04. The van der Waals surface area contributed by atoms with Crippen molar-refractivity contribution in [2.75, 3.05) is 6.54 Å². The van der Waals surface area contributed by atoms with Crippen molar-refractivity contribution in [1.29, 1.82) is 0 Å². The first-order chi connectivity index (χ1) is 6.77. The van der Waals surface area contributed by atoms with Crippen LogP contribution in [-0.2, 0) is 13.1 Å². The molecule has 0 amide bonds. The van der Waals surface area contributed by atoms with E-state index in [0.29, 0.717) is 0 Å². The van der Waals surface area contributed by atoms with Crippen molar-refractivity contribution in [3.05, 3.63) is 18.2 Å². The van der Waals surface area contributed by atoms with Crippen LogP contribution >= 0.6 is 0 Å². The molecule has 1 rings (SSSR count). The van der Waals surface area contributed by atoms with Crippen LogP contribution in [0.15, 0.2) is 12.4 Å². The number of hydrogen-bond acceptors (Lipinski definition) is 2. The van der Waals surface area contributed by atoms with Crippen LogP contribution in [0.5, 0.6) is 0 Å². The molecule has 0 aliphatic heterocycles. The van der Waals surface area contributed by atoms with E-state index in [1.54, 1.807) is 0 Å². The molecule has 1 atom stereocenters. The van der Waals surface area contributed by atoms with Gasteiger partial charge < -0.3 is 9.88 Å². The molecule has 1 N–H and O–H groups in total. The van der Waals surface area contributed by atoms with Gasteiger partial charge in [-0.1, -0.05) is 27.2 Å². The molecule has 1 aromatic rings. The lowest BCUT2D eigenvalue weighted by Crippen LogP contribution is -2.17. The molecule has 0 saturated heterocycles. The molecule has 0 aliphatic carbocycles. The first-order valence-electron chi connectivity index (χ1n) is 5.48. The molecule has 14 heavy (non-hydrogen) atoms. The normalized spacial score (nSPS) is 13.1. The van der Waals surface area contributed by atoms with Crippen LogP contribution in [0.2, 0.25) is 0 Å². The fourth-order valence-corrected chi connectivity index (χ4v) is 1.38. The Morgan fingerprint density at radius 2 is 2.29 bits per heavy atom. The summed E-state index contributed by atoms with van der Waals surface area (Å²) in [4.78, 5) is 4.34. The molecule has 0 aliphatic rings. The molecular formula is C11H21N3. The average Bonchev–Trinajstić information content (AvgIpc) is 2.62. The first kappa shape index (κ1) is 11.2. The minimum atomic E-state index is 0.726. The lowest BCUT2D eigenvalue weighted by Gasteiger charge is -2.12. The van der Waals surface area contributed by atoms with Crippen molar-refractivity contribution in [2.45, 2.75) is 40.3 Å². The molecule has 1 aromatic heterocycles. The molecule has 1 unspecified atom stereocenters. The molecule has 0 aromatic carbocycles. The number of aromatic nitrogens is 2. The summed E-state index contributed by atoms with van der Waals surface area (Å²) in [5.74, 6) is 1.87. The van der Waals surface area contributed by atoms with Gasteiger partial charge in [0.1, 0.15) is 5.82 Å². The average molecular weight is 195 g/mol. The Kier molecular flexibility index (Phi) is 4.66. The molecule has 1 heterocycles. The van der Waals surface area contributed by atoms with Gasteiger partial charge in [-0.3, -0.25) is 0 Å². The molecule has 80 valence electrons. The third kappa shape index (κ3) is 3.14. The predicted octanol–water partition coefficient (Wildman–Crippen LogP) is 2.04. The van der Waals surface area contributed by atoms with Crippen LogP contribution in [0.25, 0.3) is 0 Å². The number of rotatable bonds is 6. The zero-order chi connectivity index (χ0) is 10.4. The smallest absolute Gasteiger partial charge is 0.122 e. The summed E-state index contributed by atoms with van der Waals surface area (Å²) >= 11 is 0. The highest BCUT2D eigenvalue weighted by molar-refractivity contribution is 4.92. The lowest BCUT2D eigenvalue weighted by atomic mass is 10.1. The van der Waals surface area contributed by atoms with Crippen LogP contribution in [0.4, 0.5) is 0 Å². The van der Waals surface area contributed by atoms with Gasteiger partial charge in [0.15, 0.2) is 0 Å². The topological polar surface area (TPSA) is 29.9 Å². The van der Waals surface area contributed by atoms with E-state index in [1.165, 1.54) is 6.42 Å². The Morgan fingerprint density at radius 1 is 1.50 bits per heavy atom. The van der Waals surface area contributed by atoms with E-state index in [0.717, 1.165) is 31.4 Å². The van der Waals surface area contributed by atoms with Crippen molar-refractivity contribution in [3.63, 3.8) is 0 Å². The molecule has 0 fully saturated rings. The van der Waals surface area contributed by atoms with Crippen LogP contribution in [-0.4, -0.2) is 16.1 Å². The minimum absolute atomic E-state index is 0.726. The fourth-order valence-electron chi connectivity index (χ4n) is 1.38. The second kappa shape index (κ2) is 5.81. The van der Waals surface area contributed by atoms with Gasteiger partial charge in [0.05, 0.1) is 6.54 Å². The van der Waals surface area contributed by atoms with Crippen molar-refractivity contribution >= 4 is 0 Å². The van der Waals surface area contributed by atoms with Crippen molar-refractivity contribution in [2.24, 2.45) is 5.92 Å². The van der Waals surface area contributed by atoms with E-state index >= 15 is 0 Å². The van der Waals surface area contributed by atoms with Crippen molar-refractivity contribution < 1.29 is 0 Å². The number of nitrogens with zero attached hydrogens (tertiary/aromatic N) is 2. The SMILES string of the molecule is CCNCc1nccn1CC(C)CC. The molecule has 0 radical (unpaired) electrons. The summed E-state index contributed by atoms with van der Waals surface area (Å²) in [7, 11) is 0. The predicted molar refractivity (Wildman–Crippen MR) is 59.1 cm³/mol. The third-order valence-electron chi connectivity index (χ3n) is 2.54. The molecule has 3 nitrogen and oxygen atoms in total. The summed E-state index contributed by atoms with van der Waals surface area (Å²) in [6.07, 6.45) is 5.17. The van der Waals surface area contributed by atoms with Crippen molar-refractivity contribution in [1.82, 2.24) is 14.9 Å². The number of imidazole rings is 1. The summed E-state index contributed by atoms with van der Waals surface area (Å²) in [5.41, 5.74) is 0. The van der Waals surface area contributed by atoms with Crippen LogP contribution < -0.4 is 5.32 Å². The number of nitrogens with one attached hydrogen (secondary N) is 1. The van der Waals surface area contributed by atoms with E-state index in [4.69, 9.17) is 0 Å². The third-order valence-corrected chi connectivity index (χ3v) is 2.54. The zero-order valence-electron chi connectivity index (χ0n) is 9.45. The molecule has 0 bridgehead atoms. The van der Waals surface area contributed by atoms with Crippen LogP contribution in [0.3, 0.4) is 0 Å². The van der Waals surface area contributed by atoms with Gasteiger partial charge in [0.25, 0.3) is 0 Å². The Bertz CT molecular complexity index is 255. The van der Waals surface area contributed by atoms with Gasteiger partial charge >= 0.3 is 0 Å². The maximum absolute atomic E-state index is 4.34. The van der Waals surface area contributed by atoms with Gasteiger partial charge in [0, 0.05) is 18.9 Å². The van der Waals surface area contributed by atoms with Gasteiger partial charge in [-0.25, -0.2) is 4.98 Å². The van der Waals surface area contributed by atoms with Crippen LogP contribution in [0, 0.1) is 5.92 Å². The number of hydrogen-bond donors (Lipinski definition) is 1. The highest BCUT2D eigenvalue weighted by atomic mass is 15.1. The summed E-state index contributed by atoms with van der Waals surface area (Å²) < 4.78 is 2.25. The van der Waals surface area contributed by atoms with E-state index in [2.05, 4.69) is 41.8 Å². The van der Waals surface area contributed by atoms with E-state index in [9.17, 15) is 0 Å². The van der Waals surface area contributed by atoms with E-state index < -0.39 is 0 Å². The maximum Gasteiger partial charge on any atom is 0.122 e. The van der Waals surface area contributed by atoms with Crippen LogP contribution in [0.1, 0.15) is 33.0 Å². The Morgan fingerprint density at radius 3 is 2.93 bits per heavy atom. The van der Waals surface area contributed by atoms with Gasteiger partial charge in [-0.15, -0.1) is 0 Å². The molecule has 0 spiro atoms. The van der Waals surface area contributed by atoms with Gasteiger partial charge in [0.2, 0.25) is 0 Å². The standard InChI is InChI=1S/C11H21N3/c1-4-10(3)9-14-7-6-13-11(14)8-12-5-2/h6-7,10,12H,4-5,8-9H2,1-3H3. The Hall–Kier alpha value is -0.830. The first-order valence-corrected chi connectivity index (χ1v) is 5.48. The maximum atomic E-state index is 4.34. The summed E-state index contributed by atoms with van der Waals surface area (Å²) in [5, 5.41) is 3.30. The second-order valence-corrected chi connectivity index (χ2v) is 3.79. The summed E-state index contributed by atoms with van der Waals surface area (Å²) in [6, 6.07) is 0. The molecule has 0 saturated carbocycles. The summed E-state index contributed by atoms with van der Waals surface area (Å²) in [6.45, 7) is 9.57. The Balaban J connectivity index is 2.53. The fraction of sp³-hybridized carbons (Fsp3) is 0.727.